The van der Waals surface area contributed by atoms with Crippen molar-refractivity contribution in [2.24, 2.45) is 0 Å². The van der Waals surface area contributed by atoms with Crippen LogP contribution in [0.15, 0.2) is 12.1 Å². The van der Waals surface area contributed by atoms with Crippen molar-refractivity contribution in [3.8, 4) is 6.07 Å². The van der Waals surface area contributed by atoms with Gasteiger partial charge in [-0.25, -0.2) is 0 Å². The number of nitrogens with zero attached hydrogens (tertiary/aromatic N) is 1. The smallest absolute Gasteiger partial charge is 0.0740 e. The zero-order chi connectivity index (χ0) is 9.14. The van der Waals surface area contributed by atoms with Crippen molar-refractivity contribution in [1.29, 1.82) is 5.26 Å². The molecule has 0 saturated heterocycles. The van der Waals surface area contributed by atoms with Gasteiger partial charge in [0.05, 0.1) is 28.9 Å². The van der Waals surface area contributed by atoms with Crippen LogP contribution in [0.3, 0.4) is 0 Å². The summed E-state index contributed by atoms with van der Waals surface area (Å²) in [4.78, 5) is 0. The molecule has 4 N–H and O–H groups in total. The minimum absolute atomic E-state index is 0.257. The molecule has 1 rings (SSSR count). The summed E-state index contributed by atoms with van der Waals surface area (Å²) in [6.45, 7) is 0. The number of nitrogens with two attached hydrogens (primary N) is 2. The molecule has 12 heavy (non-hydrogen) atoms. The van der Waals surface area contributed by atoms with Gasteiger partial charge in [-0.3, -0.25) is 0 Å². The van der Waals surface area contributed by atoms with Crippen molar-refractivity contribution in [2.45, 2.75) is 6.42 Å². The molecule has 4 heteroatoms. The van der Waals surface area contributed by atoms with Crippen molar-refractivity contribution in [2.75, 3.05) is 11.5 Å². The number of nitrogen functional groups attached to an aromatic ring is 2. The number of nitriles is 1. The Morgan fingerprint density at radius 1 is 1.33 bits per heavy atom. The molecule has 3 nitrogen and oxygen atoms in total. The van der Waals surface area contributed by atoms with Gasteiger partial charge in [0.1, 0.15) is 0 Å². The maximum Gasteiger partial charge on any atom is 0.0740 e. The lowest BCUT2D eigenvalue weighted by atomic mass is 10.1. The first kappa shape index (κ1) is 8.69. The largest absolute Gasteiger partial charge is 0.397 e. The van der Waals surface area contributed by atoms with Gasteiger partial charge >= 0.3 is 0 Å². The molecule has 62 valence electrons. The summed E-state index contributed by atoms with van der Waals surface area (Å²) >= 11 is 5.70. The van der Waals surface area contributed by atoms with Gasteiger partial charge in [-0.1, -0.05) is 17.7 Å². The molecule has 0 atom stereocenters. The van der Waals surface area contributed by atoms with Gasteiger partial charge in [-0.15, -0.1) is 0 Å². The number of benzene rings is 1. The molecule has 1 aromatic rings. The zero-order valence-electron chi connectivity index (χ0n) is 6.34. The lowest BCUT2D eigenvalue weighted by Crippen LogP contribution is -1.99. The summed E-state index contributed by atoms with van der Waals surface area (Å²) in [5.74, 6) is 0. The van der Waals surface area contributed by atoms with Crippen molar-refractivity contribution in [1.82, 2.24) is 0 Å². The van der Waals surface area contributed by atoms with Crippen LogP contribution < -0.4 is 11.5 Å². The fourth-order valence-corrected chi connectivity index (χ4v) is 1.06. The molecule has 0 spiro atoms. The molecule has 0 amide bonds. The first-order chi connectivity index (χ1) is 5.66. The molecule has 0 bridgehead atoms. The molecule has 0 aromatic heterocycles. The van der Waals surface area contributed by atoms with Crippen LogP contribution in [0.2, 0.25) is 5.02 Å². The highest BCUT2D eigenvalue weighted by Gasteiger charge is 2.05. The van der Waals surface area contributed by atoms with Crippen LogP contribution in [-0.2, 0) is 6.42 Å². The number of anilines is 2. The molecule has 0 heterocycles. The van der Waals surface area contributed by atoms with E-state index in [-0.39, 0.29) is 6.42 Å². The molecule has 0 aliphatic rings. The van der Waals surface area contributed by atoms with E-state index in [9.17, 15) is 0 Å². The van der Waals surface area contributed by atoms with Gasteiger partial charge in [0.15, 0.2) is 0 Å². The second-order valence-corrected chi connectivity index (χ2v) is 2.78. The Balaban J connectivity index is 3.19. The lowest BCUT2D eigenvalue weighted by molar-refractivity contribution is 1.27. The Hall–Kier alpha value is -1.40. The van der Waals surface area contributed by atoms with E-state index in [4.69, 9.17) is 28.3 Å². The summed E-state index contributed by atoms with van der Waals surface area (Å²) < 4.78 is 0. The van der Waals surface area contributed by atoms with E-state index in [1.54, 1.807) is 12.1 Å². The quantitative estimate of drug-likeness (QED) is 0.646. The third-order valence-electron chi connectivity index (χ3n) is 1.59. The van der Waals surface area contributed by atoms with Crippen LogP contribution >= 0.6 is 11.6 Å². The van der Waals surface area contributed by atoms with Gasteiger partial charge in [-0.05, 0) is 11.6 Å². The maximum atomic E-state index is 8.42. The van der Waals surface area contributed by atoms with Gasteiger partial charge in [-0.2, -0.15) is 5.26 Å². The second-order valence-electron chi connectivity index (χ2n) is 2.37. The normalized spacial score (nSPS) is 9.33. The van der Waals surface area contributed by atoms with E-state index < -0.39 is 0 Å². The lowest BCUT2D eigenvalue weighted by Gasteiger charge is -2.05. The number of hydrogen-bond acceptors (Lipinski definition) is 3. The van der Waals surface area contributed by atoms with Gasteiger partial charge in [0, 0.05) is 0 Å². The van der Waals surface area contributed by atoms with E-state index in [1.165, 1.54) is 0 Å². The molecule has 0 saturated carbocycles. The Bertz CT molecular complexity index is 341. The van der Waals surface area contributed by atoms with Crippen LogP contribution in [0.25, 0.3) is 0 Å². The molecule has 0 unspecified atom stereocenters. The highest BCUT2D eigenvalue weighted by Crippen LogP contribution is 2.28. The monoisotopic (exact) mass is 181 g/mol. The van der Waals surface area contributed by atoms with E-state index >= 15 is 0 Å². The van der Waals surface area contributed by atoms with E-state index in [0.717, 1.165) is 5.56 Å². The predicted octanol–water partition coefficient (Wildman–Crippen LogP) is 1.57. The fraction of sp³-hybridized carbons (Fsp3) is 0.125. The Labute approximate surface area is 75.5 Å². The summed E-state index contributed by atoms with van der Waals surface area (Å²) in [7, 11) is 0. The van der Waals surface area contributed by atoms with E-state index in [1.807, 2.05) is 6.07 Å². The molecular formula is C8H8ClN3. The number of halogens is 1. The van der Waals surface area contributed by atoms with Crippen LogP contribution in [0, 0.1) is 11.3 Å². The van der Waals surface area contributed by atoms with Gasteiger partial charge in [0.25, 0.3) is 0 Å². The van der Waals surface area contributed by atoms with Crippen LogP contribution in [0.1, 0.15) is 5.56 Å². The van der Waals surface area contributed by atoms with Crippen molar-refractivity contribution in [3.05, 3.63) is 22.7 Å². The van der Waals surface area contributed by atoms with Gasteiger partial charge < -0.3 is 11.5 Å². The average Bonchev–Trinajstić information content (AvgIpc) is 2.07. The summed E-state index contributed by atoms with van der Waals surface area (Å²) in [6, 6.07) is 5.34. The standard InChI is InChI=1S/C8H8ClN3/c9-6-2-1-5(3-4-10)7(11)8(6)12/h1-2H,3,11-12H2. The summed E-state index contributed by atoms with van der Waals surface area (Å²) in [5.41, 5.74) is 12.6. The molecule has 0 aliphatic carbocycles. The Kier molecular flexibility index (Phi) is 2.41. The third-order valence-corrected chi connectivity index (χ3v) is 1.92. The SMILES string of the molecule is N#CCc1ccc(Cl)c(N)c1N. The Morgan fingerprint density at radius 2 is 2.00 bits per heavy atom. The van der Waals surface area contributed by atoms with Crippen molar-refractivity contribution >= 4 is 23.0 Å². The molecule has 1 aromatic carbocycles. The van der Waals surface area contributed by atoms with Crippen molar-refractivity contribution in [3.63, 3.8) is 0 Å². The van der Waals surface area contributed by atoms with Gasteiger partial charge in [0.2, 0.25) is 0 Å². The summed E-state index contributed by atoms with van der Waals surface area (Å²) in [5, 5.41) is 8.85. The molecule has 0 aliphatic heterocycles. The highest BCUT2D eigenvalue weighted by atomic mass is 35.5. The van der Waals surface area contributed by atoms with Crippen LogP contribution in [0.5, 0.6) is 0 Å². The average molecular weight is 182 g/mol. The first-order valence-electron chi connectivity index (χ1n) is 3.36. The Morgan fingerprint density at radius 3 is 2.58 bits per heavy atom. The topological polar surface area (TPSA) is 75.8 Å². The second kappa shape index (κ2) is 3.33. The van der Waals surface area contributed by atoms with Crippen molar-refractivity contribution < 1.29 is 0 Å². The zero-order valence-corrected chi connectivity index (χ0v) is 7.10. The van der Waals surface area contributed by atoms with Crippen LogP contribution in [0.4, 0.5) is 11.4 Å². The number of rotatable bonds is 1. The van der Waals surface area contributed by atoms with E-state index in [0.29, 0.717) is 16.4 Å². The molecular weight excluding hydrogens is 174 g/mol. The third kappa shape index (κ3) is 1.44. The first-order valence-corrected chi connectivity index (χ1v) is 3.74. The fourth-order valence-electron chi connectivity index (χ4n) is 0.894. The minimum Gasteiger partial charge on any atom is -0.397 e. The maximum absolute atomic E-state index is 8.42. The number of hydrogen-bond donors (Lipinski definition) is 2. The van der Waals surface area contributed by atoms with Crippen LogP contribution in [-0.4, -0.2) is 0 Å². The molecule has 0 fully saturated rings. The molecule has 0 radical (unpaired) electrons. The predicted molar refractivity (Wildman–Crippen MR) is 49.6 cm³/mol. The summed E-state index contributed by atoms with van der Waals surface area (Å²) in [6.07, 6.45) is 0.257. The highest BCUT2D eigenvalue weighted by molar-refractivity contribution is 6.33. The van der Waals surface area contributed by atoms with E-state index in [2.05, 4.69) is 0 Å². The minimum atomic E-state index is 0.257.